The van der Waals surface area contributed by atoms with Gasteiger partial charge in [0.1, 0.15) is 11.6 Å². The van der Waals surface area contributed by atoms with E-state index < -0.39 is 0 Å². The molecule has 0 amide bonds. The summed E-state index contributed by atoms with van der Waals surface area (Å²) in [5.41, 5.74) is 4.05. The largest absolute Gasteiger partial charge is 0.497 e. The Balaban J connectivity index is 1.62. The quantitative estimate of drug-likeness (QED) is 0.591. The first kappa shape index (κ1) is 19.0. The van der Waals surface area contributed by atoms with Gasteiger partial charge in [0.15, 0.2) is 0 Å². The molecule has 140 valence electrons. The highest BCUT2D eigenvalue weighted by Crippen LogP contribution is 2.23. The highest BCUT2D eigenvalue weighted by molar-refractivity contribution is 6.31. The van der Waals surface area contributed by atoms with E-state index in [9.17, 15) is 0 Å². The van der Waals surface area contributed by atoms with Crippen LogP contribution in [0.2, 0.25) is 5.02 Å². The lowest BCUT2D eigenvalue weighted by molar-refractivity contribution is 0.414. The van der Waals surface area contributed by atoms with Gasteiger partial charge >= 0.3 is 0 Å². The summed E-state index contributed by atoms with van der Waals surface area (Å²) in [6.07, 6.45) is 0.873. The number of nitrogens with one attached hydrogen (secondary N) is 2. The molecule has 5 nitrogen and oxygen atoms in total. The minimum atomic E-state index is 0.601. The second-order valence-corrected chi connectivity index (χ2v) is 6.74. The molecule has 0 bridgehead atoms. The Morgan fingerprint density at radius 3 is 2.48 bits per heavy atom. The van der Waals surface area contributed by atoms with E-state index in [1.807, 2.05) is 50.2 Å². The van der Waals surface area contributed by atoms with Crippen molar-refractivity contribution in [2.45, 2.75) is 20.3 Å². The molecule has 0 unspecified atom stereocenters. The van der Waals surface area contributed by atoms with Crippen LogP contribution in [0.3, 0.4) is 0 Å². The lowest BCUT2D eigenvalue weighted by Gasteiger charge is -2.11. The molecule has 2 N–H and O–H groups in total. The Morgan fingerprint density at radius 1 is 1.00 bits per heavy atom. The van der Waals surface area contributed by atoms with Crippen LogP contribution in [0.1, 0.15) is 16.8 Å². The number of anilines is 3. The van der Waals surface area contributed by atoms with Gasteiger partial charge < -0.3 is 15.4 Å². The number of hydrogen-bond donors (Lipinski definition) is 2. The van der Waals surface area contributed by atoms with Crippen LogP contribution >= 0.6 is 11.6 Å². The molecule has 0 fully saturated rings. The number of aromatic nitrogens is 2. The van der Waals surface area contributed by atoms with Crippen LogP contribution in [0.15, 0.2) is 48.5 Å². The molecule has 27 heavy (non-hydrogen) atoms. The number of ether oxygens (including phenoxy) is 1. The molecule has 0 aliphatic carbocycles. The fourth-order valence-corrected chi connectivity index (χ4v) is 2.82. The Morgan fingerprint density at radius 2 is 1.78 bits per heavy atom. The molecule has 1 heterocycles. The minimum absolute atomic E-state index is 0.601. The number of halogens is 1. The van der Waals surface area contributed by atoms with Gasteiger partial charge in [0.2, 0.25) is 5.95 Å². The molecule has 3 aromatic rings. The Labute approximate surface area is 164 Å². The van der Waals surface area contributed by atoms with E-state index >= 15 is 0 Å². The Kier molecular flexibility index (Phi) is 6.14. The fraction of sp³-hybridized carbons (Fsp3) is 0.238. The van der Waals surface area contributed by atoms with E-state index in [-0.39, 0.29) is 0 Å². The third kappa shape index (κ3) is 5.34. The van der Waals surface area contributed by atoms with Gasteiger partial charge in [-0.25, -0.2) is 4.98 Å². The SMILES string of the molecule is COc1ccc(CCNc2nc(C)cc(Nc3ccc(C)c(Cl)c3)n2)cc1. The topological polar surface area (TPSA) is 59.1 Å². The molecule has 1 aromatic heterocycles. The number of methoxy groups -OCH3 is 1. The van der Waals surface area contributed by atoms with Gasteiger partial charge in [0.25, 0.3) is 0 Å². The van der Waals surface area contributed by atoms with Gasteiger partial charge in [-0.05, 0) is 55.7 Å². The number of rotatable bonds is 7. The first-order chi connectivity index (χ1) is 13.0. The predicted molar refractivity (Wildman–Crippen MR) is 111 cm³/mol. The standard InChI is InChI=1S/C21H23ClN4O/c1-14-4-7-17(13-19(14)22)25-20-12-15(2)24-21(26-20)23-11-10-16-5-8-18(27-3)9-6-16/h4-9,12-13H,10-11H2,1-3H3,(H2,23,24,25,26). The van der Waals surface area contributed by atoms with Crippen molar-refractivity contribution in [3.8, 4) is 5.75 Å². The van der Waals surface area contributed by atoms with Gasteiger partial charge in [0.05, 0.1) is 7.11 Å². The van der Waals surface area contributed by atoms with E-state index in [1.54, 1.807) is 7.11 Å². The van der Waals surface area contributed by atoms with Crippen molar-refractivity contribution in [1.82, 2.24) is 9.97 Å². The van der Waals surface area contributed by atoms with Crippen molar-refractivity contribution >= 4 is 29.1 Å². The van der Waals surface area contributed by atoms with Gasteiger partial charge in [0, 0.05) is 29.0 Å². The molecule has 0 saturated carbocycles. The number of benzene rings is 2. The van der Waals surface area contributed by atoms with Crippen LogP contribution in [0.4, 0.5) is 17.5 Å². The van der Waals surface area contributed by atoms with E-state index in [0.29, 0.717) is 5.95 Å². The smallest absolute Gasteiger partial charge is 0.224 e. The zero-order chi connectivity index (χ0) is 19.2. The highest BCUT2D eigenvalue weighted by Gasteiger charge is 2.04. The van der Waals surface area contributed by atoms with Gasteiger partial charge in [-0.1, -0.05) is 29.8 Å². The first-order valence-electron chi connectivity index (χ1n) is 8.79. The Bertz CT molecular complexity index is 913. The zero-order valence-corrected chi connectivity index (χ0v) is 16.5. The molecular formula is C21H23ClN4O. The normalized spacial score (nSPS) is 10.5. The monoisotopic (exact) mass is 382 g/mol. The van der Waals surface area contributed by atoms with E-state index in [2.05, 4.69) is 32.7 Å². The maximum Gasteiger partial charge on any atom is 0.224 e. The van der Waals surface area contributed by atoms with Crippen molar-refractivity contribution < 1.29 is 4.74 Å². The van der Waals surface area contributed by atoms with E-state index in [4.69, 9.17) is 16.3 Å². The second-order valence-electron chi connectivity index (χ2n) is 6.33. The summed E-state index contributed by atoms with van der Waals surface area (Å²) in [6.45, 7) is 4.67. The summed E-state index contributed by atoms with van der Waals surface area (Å²) >= 11 is 6.20. The highest BCUT2D eigenvalue weighted by atomic mass is 35.5. The third-order valence-electron chi connectivity index (χ3n) is 4.15. The summed E-state index contributed by atoms with van der Waals surface area (Å²) in [4.78, 5) is 9.00. The number of aryl methyl sites for hydroxylation is 2. The summed E-state index contributed by atoms with van der Waals surface area (Å²) in [5, 5.41) is 7.30. The molecule has 0 saturated heterocycles. The van der Waals surface area contributed by atoms with Crippen LogP contribution < -0.4 is 15.4 Å². The van der Waals surface area contributed by atoms with Crippen molar-refractivity contribution in [1.29, 1.82) is 0 Å². The summed E-state index contributed by atoms with van der Waals surface area (Å²) in [5.74, 6) is 2.19. The van der Waals surface area contributed by atoms with Crippen LogP contribution in [0.5, 0.6) is 5.75 Å². The van der Waals surface area contributed by atoms with Crippen LogP contribution in [0.25, 0.3) is 0 Å². The van der Waals surface area contributed by atoms with Crippen molar-refractivity contribution in [2.75, 3.05) is 24.3 Å². The molecule has 0 aliphatic rings. The van der Waals surface area contributed by atoms with E-state index in [0.717, 1.165) is 46.5 Å². The zero-order valence-electron chi connectivity index (χ0n) is 15.7. The molecule has 6 heteroatoms. The van der Waals surface area contributed by atoms with Crippen molar-refractivity contribution in [3.63, 3.8) is 0 Å². The molecule has 3 rings (SSSR count). The third-order valence-corrected chi connectivity index (χ3v) is 4.56. The summed E-state index contributed by atoms with van der Waals surface area (Å²) in [6, 6.07) is 15.8. The van der Waals surface area contributed by atoms with Crippen LogP contribution in [-0.2, 0) is 6.42 Å². The lowest BCUT2D eigenvalue weighted by atomic mass is 10.1. The first-order valence-corrected chi connectivity index (χ1v) is 9.17. The van der Waals surface area contributed by atoms with Crippen molar-refractivity contribution in [3.05, 3.63) is 70.4 Å². The van der Waals surface area contributed by atoms with Crippen molar-refractivity contribution in [2.24, 2.45) is 0 Å². The number of nitrogens with zero attached hydrogens (tertiary/aromatic N) is 2. The summed E-state index contributed by atoms with van der Waals surface area (Å²) in [7, 11) is 1.67. The lowest BCUT2D eigenvalue weighted by Crippen LogP contribution is -2.09. The van der Waals surface area contributed by atoms with Crippen LogP contribution in [0, 0.1) is 13.8 Å². The van der Waals surface area contributed by atoms with Crippen LogP contribution in [-0.4, -0.2) is 23.6 Å². The maximum atomic E-state index is 6.20. The predicted octanol–water partition coefficient (Wildman–Crippen LogP) is 5.15. The molecule has 0 spiro atoms. The maximum absolute atomic E-state index is 6.20. The summed E-state index contributed by atoms with van der Waals surface area (Å²) < 4.78 is 5.18. The Hall–Kier alpha value is -2.79. The fourth-order valence-electron chi connectivity index (χ4n) is 2.64. The minimum Gasteiger partial charge on any atom is -0.497 e. The molecule has 0 radical (unpaired) electrons. The molecule has 0 aliphatic heterocycles. The second kappa shape index (κ2) is 8.73. The molecular weight excluding hydrogens is 360 g/mol. The van der Waals surface area contributed by atoms with Gasteiger partial charge in [-0.15, -0.1) is 0 Å². The molecule has 0 atom stereocenters. The molecule has 2 aromatic carbocycles. The average Bonchev–Trinajstić information content (AvgIpc) is 2.65. The number of hydrogen-bond acceptors (Lipinski definition) is 5. The van der Waals surface area contributed by atoms with Gasteiger partial charge in [-0.3, -0.25) is 0 Å². The average molecular weight is 383 g/mol. The van der Waals surface area contributed by atoms with Gasteiger partial charge in [-0.2, -0.15) is 4.98 Å². The van der Waals surface area contributed by atoms with E-state index in [1.165, 1.54) is 5.56 Å².